The molecular weight excluding hydrogens is 284 g/mol. The molecule has 1 aromatic rings. The van der Waals surface area contributed by atoms with Crippen molar-refractivity contribution in [2.75, 3.05) is 19.6 Å². The van der Waals surface area contributed by atoms with Crippen molar-refractivity contribution in [1.82, 2.24) is 9.62 Å². The minimum absolute atomic E-state index is 0.106. The van der Waals surface area contributed by atoms with Crippen LogP contribution < -0.4 is 5.32 Å². The highest BCUT2D eigenvalue weighted by molar-refractivity contribution is 7.88. The van der Waals surface area contributed by atoms with Gasteiger partial charge in [-0.15, -0.1) is 0 Å². The quantitative estimate of drug-likeness (QED) is 0.762. The molecular formula is C16H26N2O2S. The molecule has 0 saturated heterocycles. The first-order chi connectivity index (χ1) is 10.0. The summed E-state index contributed by atoms with van der Waals surface area (Å²) in [6.07, 6.45) is 2.34. The van der Waals surface area contributed by atoms with Gasteiger partial charge in [-0.2, -0.15) is 0 Å². The maximum Gasteiger partial charge on any atom is 0.218 e. The number of rotatable bonds is 9. The van der Waals surface area contributed by atoms with Gasteiger partial charge >= 0.3 is 0 Å². The van der Waals surface area contributed by atoms with E-state index in [9.17, 15) is 8.42 Å². The fourth-order valence-electron chi connectivity index (χ4n) is 2.35. The van der Waals surface area contributed by atoms with E-state index in [4.69, 9.17) is 0 Å². The molecule has 5 heteroatoms. The lowest BCUT2D eigenvalue weighted by atomic mass is 10.1. The van der Waals surface area contributed by atoms with Crippen LogP contribution in [0.15, 0.2) is 24.3 Å². The van der Waals surface area contributed by atoms with Crippen LogP contribution in [-0.2, 0) is 22.3 Å². The average molecular weight is 310 g/mol. The summed E-state index contributed by atoms with van der Waals surface area (Å²) in [5.41, 5.74) is 2.05. The van der Waals surface area contributed by atoms with E-state index in [-0.39, 0.29) is 5.75 Å². The van der Waals surface area contributed by atoms with E-state index in [1.54, 1.807) is 4.31 Å². The Morgan fingerprint density at radius 3 is 2.29 bits per heavy atom. The van der Waals surface area contributed by atoms with Gasteiger partial charge in [0.05, 0.1) is 5.75 Å². The Labute approximate surface area is 128 Å². The van der Waals surface area contributed by atoms with Gasteiger partial charge < -0.3 is 5.32 Å². The fraction of sp³-hybridized carbons (Fsp3) is 0.625. The molecule has 118 valence electrons. The molecule has 1 N–H and O–H groups in total. The number of benzene rings is 1. The molecule has 0 aromatic heterocycles. The number of nitrogens with one attached hydrogen (secondary N) is 1. The van der Waals surface area contributed by atoms with Gasteiger partial charge in [-0.05, 0) is 36.4 Å². The third-order valence-corrected chi connectivity index (χ3v) is 5.75. The van der Waals surface area contributed by atoms with Gasteiger partial charge in [0, 0.05) is 19.6 Å². The van der Waals surface area contributed by atoms with Crippen LogP contribution in [0.3, 0.4) is 0 Å². The van der Waals surface area contributed by atoms with Crippen LogP contribution in [0.1, 0.15) is 37.8 Å². The van der Waals surface area contributed by atoms with Crippen molar-refractivity contribution < 1.29 is 8.42 Å². The van der Waals surface area contributed by atoms with E-state index in [0.717, 1.165) is 18.7 Å². The second-order valence-electron chi connectivity index (χ2n) is 5.75. The molecule has 0 radical (unpaired) electrons. The van der Waals surface area contributed by atoms with Gasteiger partial charge in [0.2, 0.25) is 10.0 Å². The lowest BCUT2D eigenvalue weighted by Gasteiger charge is -2.20. The molecule has 0 aliphatic heterocycles. The Morgan fingerprint density at radius 1 is 1.14 bits per heavy atom. The minimum Gasteiger partial charge on any atom is -0.313 e. The van der Waals surface area contributed by atoms with Crippen LogP contribution in [0.25, 0.3) is 0 Å². The molecule has 0 amide bonds. The van der Waals surface area contributed by atoms with Crippen LogP contribution in [0, 0.1) is 5.92 Å². The van der Waals surface area contributed by atoms with Crippen molar-refractivity contribution in [2.45, 2.75) is 39.0 Å². The molecule has 2 rings (SSSR count). The summed E-state index contributed by atoms with van der Waals surface area (Å²) >= 11 is 0. The van der Waals surface area contributed by atoms with Gasteiger partial charge in [-0.25, -0.2) is 12.7 Å². The Kier molecular flexibility index (Phi) is 5.79. The van der Waals surface area contributed by atoms with Gasteiger partial charge in [-0.1, -0.05) is 38.1 Å². The third-order valence-electron chi connectivity index (χ3n) is 3.86. The maximum atomic E-state index is 12.5. The molecule has 0 atom stereocenters. The number of sulfonamides is 1. The standard InChI is InChI=1S/C16H26N2O2S/c1-3-17-11-14-5-9-16(10-6-14)13-21(19,20)18(4-2)12-15-7-8-15/h5-6,9-10,15,17H,3-4,7-8,11-13H2,1-2H3. The van der Waals surface area contributed by atoms with Crippen LogP contribution in [0.5, 0.6) is 0 Å². The second-order valence-corrected chi connectivity index (χ2v) is 7.72. The minimum atomic E-state index is -3.19. The fourth-order valence-corrected chi connectivity index (χ4v) is 3.98. The van der Waals surface area contributed by atoms with Crippen LogP contribution in [-0.4, -0.2) is 32.4 Å². The first-order valence-corrected chi connectivity index (χ1v) is 9.42. The van der Waals surface area contributed by atoms with Crippen LogP contribution in [0.4, 0.5) is 0 Å². The zero-order valence-electron chi connectivity index (χ0n) is 13.0. The zero-order valence-corrected chi connectivity index (χ0v) is 13.8. The smallest absolute Gasteiger partial charge is 0.218 e. The average Bonchev–Trinajstić information content (AvgIpc) is 3.27. The van der Waals surface area contributed by atoms with Crippen molar-refractivity contribution in [2.24, 2.45) is 5.92 Å². The predicted molar refractivity (Wildman–Crippen MR) is 86.4 cm³/mol. The first-order valence-electron chi connectivity index (χ1n) is 7.81. The normalized spacial score (nSPS) is 15.6. The van der Waals surface area contributed by atoms with Crippen molar-refractivity contribution in [3.63, 3.8) is 0 Å². The van der Waals surface area contributed by atoms with Gasteiger partial charge in [0.1, 0.15) is 0 Å². The van der Waals surface area contributed by atoms with E-state index < -0.39 is 10.0 Å². The SMILES string of the molecule is CCNCc1ccc(CS(=O)(=O)N(CC)CC2CC2)cc1. The molecule has 0 bridgehead atoms. The highest BCUT2D eigenvalue weighted by Gasteiger charge is 2.29. The summed E-state index contributed by atoms with van der Waals surface area (Å²) in [6, 6.07) is 7.86. The summed E-state index contributed by atoms with van der Waals surface area (Å²) in [6.45, 7) is 7.00. The second kappa shape index (κ2) is 7.38. The molecule has 0 heterocycles. The topological polar surface area (TPSA) is 49.4 Å². The summed E-state index contributed by atoms with van der Waals surface area (Å²) < 4.78 is 26.6. The molecule has 21 heavy (non-hydrogen) atoms. The van der Waals surface area contributed by atoms with E-state index in [0.29, 0.717) is 19.0 Å². The first kappa shape index (κ1) is 16.5. The summed E-state index contributed by atoms with van der Waals surface area (Å²) in [7, 11) is -3.19. The van der Waals surface area contributed by atoms with Gasteiger partial charge in [-0.3, -0.25) is 0 Å². The monoisotopic (exact) mass is 310 g/mol. The Morgan fingerprint density at radius 2 is 1.76 bits per heavy atom. The van der Waals surface area contributed by atoms with Crippen molar-refractivity contribution in [3.8, 4) is 0 Å². The third kappa shape index (κ3) is 5.09. The van der Waals surface area contributed by atoms with Crippen LogP contribution >= 0.6 is 0 Å². The molecule has 0 unspecified atom stereocenters. The Bertz CT molecular complexity index is 536. The molecule has 4 nitrogen and oxygen atoms in total. The van der Waals surface area contributed by atoms with E-state index in [1.807, 2.05) is 31.2 Å². The summed E-state index contributed by atoms with van der Waals surface area (Å²) in [4.78, 5) is 0. The molecule has 1 fully saturated rings. The van der Waals surface area contributed by atoms with Crippen molar-refractivity contribution in [1.29, 1.82) is 0 Å². The summed E-state index contributed by atoms with van der Waals surface area (Å²) in [5.74, 6) is 0.692. The predicted octanol–water partition coefficient (Wildman–Crippen LogP) is 2.36. The van der Waals surface area contributed by atoms with Crippen molar-refractivity contribution >= 4 is 10.0 Å². The summed E-state index contributed by atoms with van der Waals surface area (Å²) in [5, 5.41) is 3.26. The number of hydrogen-bond acceptors (Lipinski definition) is 3. The molecule has 0 spiro atoms. The van der Waals surface area contributed by atoms with Crippen LogP contribution in [0.2, 0.25) is 0 Å². The molecule has 1 aliphatic rings. The van der Waals surface area contributed by atoms with E-state index >= 15 is 0 Å². The van der Waals surface area contributed by atoms with Crippen molar-refractivity contribution in [3.05, 3.63) is 35.4 Å². The maximum absolute atomic E-state index is 12.5. The largest absolute Gasteiger partial charge is 0.313 e. The number of hydrogen-bond donors (Lipinski definition) is 1. The lowest BCUT2D eigenvalue weighted by molar-refractivity contribution is 0.411. The highest BCUT2D eigenvalue weighted by Crippen LogP contribution is 2.30. The number of nitrogens with zero attached hydrogens (tertiary/aromatic N) is 1. The Balaban J connectivity index is 1.97. The molecule has 1 saturated carbocycles. The van der Waals surface area contributed by atoms with Gasteiger partial charge in [0.25, 0.3) is 0 Å². The molecule has 1 aromatic carbocycles. The lowest BCUT2D eigenvalue weighted by Crippen LogP contribution is -2.33. The Hall–Kier alpha value is -0.910. The van der Waals surface area contributed by atoms with Gasteiger partial charge in [0.15, 0.2) is 0 Å². The zero-order chi connectivity index (χ0) is 15.3. The molecule has 1 aliphatic carbocycles. The van der Waals surface area contributed by atoms with E-state index in [2.05, 4.69) is 12.2 Å². The highest BCUT2D eigenvalue weighted by atomic mass is 32.2. The van der Waals surface area contributed by atoms with E-state index in [1.165, 1.54) is 18.4 Å².